The highest BCUT2D eigenvalue weighted by Crippen LogP contribution is 2.23. The van der Waals surface area contributed by atoms with Crippen molar-refractivity contribution in [2.75, 3.05) is 0 Å². The van der Waals surface area contributed by atoms with E-state index in [-0.39, 0.29) is 0 Å². The SMILES string of the molecule is Clc1ccc(Cn2nnc(-c3cccs3)n2)cc1Cl. The molecule has 2 aromatic heterocycles. The molecular weight excluding hydrogens is 303 g/mol. The van der Waals surface area contributed by atoms with Gasteiger partial charge in [-0.1, -0.05) is 35.3 Å². The molecule has 1 aromatic carbocycles. The van der Waals surface area contributed by atoms with Crippen LogP contribution in [0.1, 0.15) is 5.56 Å². The third-order valence-corrected chi connectivity index (χ3v) is 4.11. The summed E-state index contributed by atoms with van der Waals surface area (Å²) in [6.45, 7) is 0.509. The zero-order chi connectivity index (χ0) is 13.2. The van der Waals surface area contributed by atoms with Crippen molar-refractivity contribution in [1.82, 2.24) is 20.2 Å². The molecule has 19 heavy (non-hydrogen) atoms. The van der Waals surface area contributed by atoms with E-state index in [0.717, 1.165) is 10.4 Å². The third kappa shape index (κ3) is 2.78. The van der Waals surface area contributed by atoms with Gasteiger partial charge < -0.3 is 0 Å². The van der Waals surface area contributed by atoms with Gasteiger partial charge in [0.25, 0.3) is 0 Å². The second-order valence-corrected chi connectivity index (χ2v) is 5.63. The van der Waals surface area contributed by atoms with Crippen molar-refractivity contribution in [3.05, 3.63) is 51.3 Å². The van der Waals surface area contributed by atoms with Gasteiger partial charge in [0.1, 0.15) is 0 Å². The molecule has 0 aliphatic rings. The van der Waals surface area contributed by atoms with Crippen molar-refractivity contribution in [2.24, 2.45) is 0 Å². The normalized spacial score (nSPS) is 10.8. The summed E-state index contributed by atoms with van der Waals surface area (Å²) in [5.74, 6) is 0.634. The highest BCUT2D eigenvalue weighted by molar-refractivity contribution is 7.13. The second-order valence-electron chi connectivity index (χ2n) is 3.87. The maximum atomic E-state index is 5.97. The van der Waals surface area contributed by atoms with Crippen molar-refractivity contribution in [2.45, 2.75) is 6.54 Å². The lowest BCUT2D eigenvalue weighted by molar-refractivity contribution is 0.573. The summed E-state index contributed by atoms with van der Waals surface area (Å²) in [6, 6.07) is 9.38. The Morgan fingerprint density at radius 1 is 1.16 bits per heavy atom. The molecule has 0 bridgehead atoms. The summed E-state index contributed by atoms with van der Waals surface area (Å²) in [4.78, 5) is 2.54. The maximum Gasteiger partial charge on any atom is 0.214 e. The van der Waals surface area contributed by atoms with Crippen LogP contribution < -0.4 is 0 Å². The van der Waals surface area contributed by atoms with Crippen LogP contribution in [-0.4, -0.2) is 20.2 Å². The van der Waals surface area contributed by atoms with Gasteiger partial charge in [0.15, 0.2) is 0 Å². The molecule has 0 unspecified atom stereocenters. The Morgan fingerprint density at radius 2 is 2.05 bits per heavy atom. The first-order chi connectivity index (χ1) is 9.22. The van der Waals surface area contributed by atoms with E-state index in [1.54, 1.807) is 23.5 Å². The minimum Gasteiger partial charge on any atom is -0.159 e. The Labute approximate surface area is 123 Å². The summed E-state index contributed by atoms with van der Waals surface area (Å²) in [7, 11) is 0. The lowest BCUT2D eigenvalue weighted by Crippen LogP contribution is -2.03. The minimum absolute atomic E-state index is 0.509. The molecule has 3 rings (SSSR count). The number of hydrogen-bond donors (Lipinski definition) is 0. The fourth-order valence-corrected chi connectivity index (χ4v) is 2.58. The van der Waals surface area contributed by atoms with E-state index in [4.69, 9.17) is 23.2 Å². The summed E-state index contributed by atoms with van der Waals surface area (Å²) < 4.78 is 0. The highest BCUT2D eigenvalue weighted by atomic mass is 35.5. The van der Waals surface area contributed by atoms with E-state index < -0.39 is 0 Å². The van der Waals surface area contributed by atoms with Crippen molar-refractivity contribution in [1.29, 1.82) is 0 Å². The van der Waals surface area contributed by atoms with Crippen LogP contribution >= 0.6 is 34.5 Å². The molecule has 0 atom stereocenters. The van der Waals surface area contributed by atoms with Gasteiger partial charge in [0.05, 0.1) is 21.5 Å². The fraction of sp³-hybridized carbons (Fsp3) is 0.0833. The summed E-state index contributed by atoms with van der Waals surface area (Å²) >= 11 is 13.4. The van der Waals surface area contributed by atoms with Crippen molar-refractivity contribution >= 4 is 34.5 Å². The number of benzene rings is 1. The Balaban J connectivity index is 1.82. The molecule has 4 nitrogen and oxygen atoms in total. The zero-order valence-corrected chi connectivity index (χ0v) is 12.0. The molecule has 0 N–H and O–H groups in total. The molecule has 0 fully saturated rings. The van der Waals surface area contributed by atoms with Crippen LogP contribution in [-0.2, 0) is 6.54 Å². The van der Waals surface area contributed by atoms with Crippen LogP contribution in [0.5, 0.6) is 0 Å². The van der Waals surface area contributed by atoms with Crippen LogP contribution in [0.4, 0.5) is 0 Å². The standard InChI is InChI=1S/C12H8Cl2N4S/c13-9-4-3-8(6-10(9)14)7-18-16-12(15-17-18)11-2-1-5-19-11/h1-6H,7H2. The predicted molar refractivity (Wildman–Crippen MR) is 76.7 cm³/mol. The van der Waals surface area contributed by atoms with Gasteiger partial charge in [0, 0.05) is 0 Å². The Hall–Kier alpha value is -1.43. The third-order valence-electron chi connectivity index (χ3n) is 2.50. The van der Waals surface area contributed by atoms with E-state index in [0.29, 0.717) is 22.4 Å². The summed E-state index contributed by atoms with van der Waals surface area (Å²) in [5.41, 5.74) is 0.976. The van der Waals surface area contributed by atoms with Crippen LogP contribution in [0, 0.1) is 0 Å². The van der Waals surface area contributed by atoms with Gasteiger partial charge in [0.2, 0.25) is 5.82 Å². The number of hydrogen-bond acceptors (Lipinski definition) is 4. The molecule has 0 saturated carbocycles. The molecule has 2 heterocycles. The van der Waals surface area contributed by atoms with Gasteiger partial charge in [-0.05, 0) is 34.4 Å². The molecule has 0 aliphatic carbocycles. The molecule has 0 amide bonds. The number of tetrazole rings is 1. The summed E-state index contributed by atoms with van der Waals surface area (Å²) in [6.07, 6.45) is 0. The molecule has 0 saturated heterocycles. The van der Waals surface area contributed by atoms with Crippen LogP contribution in [0.15, 0.2) is 35.7 Å². The average Bonchev–Trinajstić information content (AvgIpc) is 3.04. The molecule has 7 heteroatoms. The largest absolute Gasteiger partial charge is 0.214 e. The topological polar surface area (TPSA) is 43.6 Å². The zero-order valence-electron chi connectivity index (χ0n) is 9.62. The Morgan fingerprint density at radius 3 is 2.79 bits per heavy atom. The average molecular weight is 311 g/mol. The fourth-order valence-electron chi connectivity index (χ4n) is 1.62. The number of thiophene rings is 1. The first kappa shape index (κ1) is 12.6. The van der Waals surface area contributed by atoms with Crippen LogP contribution in [0.25, 0.3) is 10.7 Å². The van der Waals surface area contributed by atoms with E-state index >= 15 is 0 Å². The van der Waals surface area contributed by atoms with E-state index in [1.807, 2.05) is 23.6 Å². The Bertz CT molecular complexity index is 694. The van der Waals surface area contributed by atoms with Crippen molar-refractivity contribution in [3.63, 3.8) is 0 Å². The molecule has 0 aliphatic heterocycles. The molecule has 0 radical (unpaired) electrons. The van der Waals surface area contributed by atoms with E-state index in [9.17, 15) is 0 Å². The van der Waals surface area contributed by atoms with E-state index in [2.05, 4.69) is 15.4 Å². The number of rotatable bonds is 3. The quantitative estimate of drug-likeness (QED) is 0.740. The summed E-state index contributed by atoms with van der Waals surface area (Å²) in [5, 5.41) is 15.4. The number of aromatic nitrogens is 4. The predicted octanol–water partition coefficient (Wildman–Crippen LogP) is 3.76. The van der Waals surface area contributed by atoms with E-state index in [1.165, 1.54) is 4.80 Å². The van der Waals surface area contributed by atoms with Crippen molar-refractivity contribution in [3.8, 4) is 10.7 Å². The minimum atomic E-state index is 0.509. The molecule has 3 aromatic rings. The maximum absolute atomic E-state index is 5.97. The van der Waals surface area contributed by atoms with Gasteiger partial charge in [-0.15, -0.1) is 21.5 Å². The van der Waals surface area contributed by atoms with Gasteiger partial charge >= 0.3 is 0 Å². The first-order valence-corrected chi connectivity index (χ1v) is 7.11. The van der Waals surface area contributed by atoms with Crippen molar-refractivity contribution < 1.29 is 0 Å². The van der Waals surface area contributed by atoms with Gasteiger partial charge in [-0.25, -0.2) is 0 Å². The Kier molecular flexibility index (Phi) is 3.50. The molecular formula is C12H8Cl2N4S. The smallest absolute Gasteiger partial charge is 0.159 e. The lowest BCUT2D eigenvalue weighted by atomic mass is 10.2. The monoisotopic (exact) mass is 310 g/mol. The molecule has 96 valence electrons. The first-order valence-electron chi connectivity index (χ1n) is 5.48. The van der Waals surface area contributed by atoms with Crippen LogP contribution in [0.3, 0.4) is 0 Å². The number of nitrogens with zero attached hydrogens (tertiary/aromatic N) is 4. The highest BCUT2D eigenvalue weighted by Gasteiger charge is 2.07. The number of halogens is 2. The van der Waals surface area contributed by atoms with Gasteiger partial charge in [-0.2, -0.15) is 4.80 Å². The lowest BCUT2D eigenvalue weighted by Gasteiger charge is -2.01. The second kappa shape index (κ2) is 5.28. The molecule has 0 spiro atoms. The van der Waals surface area contributed by atoms with Gasteiger partial charge in [-0.3, -0.25) is 0 Å². The van der Waals surface area contributed by atoms with Crippen LogP contribution in [0.2, 0.25) is 10.0 Å².